The van der Waals surface area contributed by atoms with E-state index in [4.69, 9.17) is 0 Å². The molecule has 40 heavy (non-hydrogen) atoms. The molecule has 0 unspecified atom stereocenters. The van der Waals surface area contributed by atoms with Crippen LogP contribution in [0, 0.1) is 11.6 Å². The number of rotatable bonds is 4. The van der Waals surface area contributed by atoms with Crippen molar-refractivity contribution in [3.05, 3.63) is 59.7 Å². The summed E-state index contributed by atoms with van der Waals surface area (Å²) in [6, 6.07) is 8.17. The van der Waals surface area contributed by atoms with Crippen LogP contribution in [-0.2, 0) is 4.79 Å². The molecule has 214 valence electrons. The van der Waals surface area contributed by atoms with Crippen LogP contribution >= 0.6 is 0 Å². The van der Waals surface area contributed by atoms with Gasteiger partial charge in [-0.3, -0.25) is 4.79 Å². The third-order valence-electron chi connectivity index (χ3n) is 7.62. The molecule has 2 aliphatic rings. The van der Waals surface area contributed by atoms with Crippen molar-refractivity contribution in [1.82, 2.24) is 24.7 Å². The van der Waals surface area contributed by atoms with Crippen LogP contribution in [0.1, 0.15) is 43.2 Å². The Labute approximate surface area is 226 Å². The van der Waals surface area contributed by atoms with E-state index < -0.39 is 54.8 Å². The first kappa shape index (κ1) is 27.7. The smallest absolute Gasteiger partial charge is 0.406 e. The second-order valence-electron chi connectivity index (χ2n) is 10.2. The number of carbonyl (C=O) groups excluding carboxylic acids is 2. The normalized spacial score (nSPS) is 21.1. The number of nitrogens with one attached hydrogen (secondary N) is 1. The molecule has 0 radical (unpaired) electrons. The first-order chi connectivity index (χ1) is 19.0. The summed E-state index contributed by atoms with van der Waals surface area (Å²) in [7, 11) is 0. The van der Waals surface area contributed by atoms with E-state index in [0.717, 1.165) is 6.07 Å². The van der Waals surface area contributed by atoms with E-state index in [-0.39, 0.29) is 43.5 Å². The SMILES string of the molecule is O=C(N[C@@H]1CC[C@@H](c2cccc(F)c2F)CN(CC(F)(F)F)C1=O)N1CCC(n2c([O-])nc3ccccc32)CC1. The van der Waals surface area contributed by atoms with Gasteiger partial charge in [-0.25, -0.2) is 18.6 Å². The zero-order valence-corrected chi connectivity index (χ0v) is 21.3. The van der Waals surface area contributed by atoms with Crippen LogP contribution in [0.25, 0.3) is 11.0 Å². The molecule has 5 rings (SSSR count). The van der Waals surface area contributed by atoms with Crippen molar-refractivity contribution >= 4 is 23.0 Å². The maximum absolute atomic E-state index is 14.5. The van der Waals surface area contributed by atoms with Crippen LogP contribution in [-0.4, -0.2) is 69.7 Å². The van der Waals surface area contributed by atoms with Gasteiger partial charge in [0.25, 0.3) is 0 Å². The summed E-state index contributed by atoms with van der Waals surface area (Å²) < 4.78 is 69.9. The predicted molar refractivity (Wildman–Crippen MR) is 132 cm³/mol. The van der Waals surface area contributed by atoms with Gasteiger partial charge in [0.1, 0.15) is 12.6 Å². The zero-order valence-electron chi connectivity index (χ0n) is 21.3. The fourth-order valence-corrected chi connectivity index (χ4v) is 5.68. The molecule has 2 aliphatic heterocycles. The molecule has 3 heterocycles. The lowest BCUT2D eigenvalue weighted by molar-refractivity contribution is -0.286. The summed E-state index contributed by atoms with van der Waals surface area (Å²) in [5.74, 6) is -4.10. The van der Waals surface area contributed by atoms with Crippen molar-refractivity contribution in [1.29, 1.82) is 0 Å². The molecule has 2 fully saturated rings. The van der Waals surface area contributed by atoms with Crippen LogP contribution in [0.2, 0.25) is 0 Å². The van der Waals surface area contributed by atoms with Crippen LogP contribution in [0.3, 0.4) is 0 Å². The van der Waals surface area contributed by atoms with Gasteiger partial charge < -0.3 is 24.8 Å². The summed E-state index contributed by atoms with van der Waals surface area (Å²) >= 11 is 0. The number of likely N-dealkylation sites (tertiary alicyclic amines) is 2. The highest BCUT2D eigenvalue weighted by atomic mass is 19.4. The van der Waals surface area contributed by atoms with Crippen LogP contribution in [0.4, 0.5) is 26.7 Å². The van der Waals surface area contributed by atoms with Gasteiger partial charge in [-0.1, -0.05) is 24.3 Å². The molecule has 2 saturated heterocycles. The highest BCUT2D eigenvalue weighted by molar-refractivity contribution is 5.87. The van der Waals surface area contributed by atoms with Gasteiger partial charge in [-0.2, -0.15) is 13.2 Å². The van der Waals surface area contributed by atoms with Gasteiger partial charge in [-0.15, -0.1) is 0 Å². The van der Waals surface area contributed by atoms with Gasteiger partial charge in [0.05, 0.1) is 17.0 Å². The largest absolute Gasteiger partial charge is 0.846 e. The molecule has 8 nitrogen and oxygen atoms in total. The molecule has 0 spiro atoms. The highest BCUT2D eigenvalue weighted by Gasteiger charge is 2.40. The second-order valence-corrected chi connectivity index (χ2v) is 10.2. The van der Waals surface area contributed by atoms with E-state index >= 15 is 0 Å². The molecular formula is C27H27F5N5O3-. The maximum atomic E-state index is 14.5. The minimum atomic E-state index is -4.72. The molecule has 1 aromatic heterocycles. The Kier molecular flexibility index (Phi) is 7.56. The fraction of sp³-hybridized carbons (Fsp3) is 0.444. The number of hydrogen-bond donors (Lipinski definition) is 1. The summed E-state index contributed by atoms with van der Waals surface area (Å²) in [5.41, 5.74) is 1.17. The first-order valence-electron chi connectivity index (χ1n) is 13.0. The fourth-order valence-electron chi connectivity index (χ4n) is 5.68. The number of imidazole rings is 1. The summed E-state index contributed by atoms with van der Waals surface area (Å²) in [6.45, 7) is -1.53. The molecule has 13 heteroatoms. The maximum Gasteiger partial charge on any atom is 0.406 e. The van der Waals surface area contributed by atoms with Crippen LogP contribution < -0.4 is 10.4 Å². The van der Waals surface area contributed by atoms with Gasteiger partial charge in [0.15, 0.2) is 11.6 Å². The third kappa shape index (κ3) is 5.68. The molecule has 1 N–H and O–H groups in total. The number of carbonyl (C=O) groups is 2. The number of nitrogens with zero attached hydrogens (tertiary/aromatic N) is 4. The average Bonchev–Trinajstić information content (AvgIpc) is 3.18. The van der Waals surface area contributed by atoms with E-state index in [2.05, 4.69) is 10.3 Å². The predicted octanol–water partition coefficient (Wildman–Crippen LogP) is 4.07. The first-order valence-corrected chi connectivity index (χ1v) is 13.0. The number of benzene rings is 2. The van der Waals surface area contributed by atoms with Crippen LogP contribution in [0.15, 0.2) is 42.5 Å². The Balaban J connectivity index is 1.27. The van der Waals surface area contributed by atoms with Gasteiger partial charge in [0.2, 0.25) is 5.91 Å². The quantitative estimate of drug-likeness (QED) is 0.484. The molecule has 0 saturated carbocycles. The average molecular weight is 565 g/mol. The highest BCUT2D eigenvalue weighted by Crippen LogP contribution is 2.33. The number of alkyl halides is 3. The minimum absolute atomic E-state index is 0.0451. The molecule has 0 bridgehead atoms. The Morgan fingerprint density at radius 3 is 2.48 bits per heavy atom. The van der Waals surface area contributed by atoms with E-state index in [1.54, 1.807) is 22.8 Å². The van der Waals surface area contributed by atoms with Gasteiger partial charge >= 0.3 is 12.2 Å². The number of aromatic nitrogens is 2. The Morgan fingerprint density at radius 1 is 1.02 bits per heavy atom. The van der Waals surface area contributed by atoms with Crippen LogP contribution in [0.5, 0.6) is 6.01 Å². The third-order valence-corrected chi connectivity index (χ3v) is 7.62. The zero-order chi connectivity index (χ0) is 28.6. The number of piperidine rings is 1. The van der Waals surface area contributed by atoms with Crippen molar-refractivity contribution in [3.63, 3.8) is 0 Å². The standard InChI is InChI=1S/C27H28F5N5O3/c28-19-5-3-4-18(23(19)29)16-8-9-21(24(38)36(14-16)15-27(30,31)32)34-25(39)35-12-10-17(11-13-35)37-22-7-2-1-6-20(22)33-26(37)40/h1-7,16-17,21H,8-15H2,(H,33,40)(H,34,39)/p-1/t16-,21-/m1/s1. The lowest BCUT2D eigenvalue weighted by atomic mass is 9.93. The Morgan fingerprint density at radius 2 is 1.75 bits per heavy atom. The van der Waals surface area contributed by atoms with Gasteiger partial charge in [0, 0.05) is 31.6 Å². The minimum Gasteiger partial charge on any atom is -0.846 e. The van der Waals surface area contributed by atoms with Crippen molar-refractivity contribution in [2.75, 3.05) is 26.2 Å². The van der Waals surface area contributed by atoms with E-state index in [1.165, 1.54) is 17.0 Å². The molecular weight excluding hydrogens is 537 g/mol. The number of para-hydroxylation sites is 2. The topological polar surface area (TPSA) is 93.5 Å². The molecule has 2 aromatic carbocycles. The number of hydrogen-bond acceptors (Lipinski definition) is 4. The summed E-state index contributed by atoms with van der Waals surface area (Å²) in [4.78, 5) is 32.3. The van der Waals surface area contributed by atoms with Crippen molar-refractivity contribution in [3.8, 4) is 6.01 Å². The summed E-state index contributed by atoms with van der Waals surface area (Å²) in [5, 5.41) is 15.0. The molecule has 0 aliphatic carbocycles. The Bertz CT molecular complexity index is 1400. The number of urea groups is 1. The van der Waals surface area contributed by atoms with Crippen molar-refractivity contribution in [2.45, 2.75) is 49.9 Å². The summed E-state index contributed by atoms with van der Waals surface area (Å²) in [6.07, 6.45) is -3.81. The number of fused-ring (bicyclic) bond motifs is 1. The monoisotopic (exact) mass is 564 g/mol. The lowest BCUT2D eigenvalue weighted by Gasteiger charge is -2.35. The Hall–Kier alpha value is -3.90. The second kappa shape index (κ2) is 10.9. The number of amides is 3. The molecule has 3 aromatic rings. The number of halogens is 5. The van der Waals surface area contributed by atoms with Crippen molar-refractivity contribution in [2.24, 2.45) is 0 Å². The molecule has 3 amide bonds. The van der Waals surface area contributed by atoms with Gasteiger partial charge in [-0.05, 0) is 49.4 Å². The molecule has 2 atom stereocenters. The van der Waals surface area contributed by atoms with E-state index in [9.17, 15) is 36.6 Å². The van der Waals surface area contributed by atoms with Crippen molar-refractivity contribution < 1.29 is 36.6 Å². The van der Waals surface area contributed by atoms with E-state index in [1.807, 2.05) is 6.07 Å². The van der Waals surface area contributed by atoms with E-state index in [0.29, 0.717) is 28.8 Å². The lowest BCUT2D eigenvalue weighted by Crippen LogP contribution is -2.54.